The Balaban J connectivity index is 2.29. The van der Waals surface area contributed by atoms with E-state index in [2.05, 4.69) is 5.32 Å². The lowest BCUT2D eigenvalue weighted by atomic mass is 10.0. The Hall–Kier alpha value is -2.44. The topological polar surface area (TPSA) is 59.2 Å². The molecule has 0 fully saturated rings. The summed E-state index contributed by atoms with van der Waals surface area (Å²) in [5, 5.41) is 14.1. The minimum Gasteiger partial charge on any atom is -0.389 e. The second-order valence-electron chi connectivity index (χ2n) is 6.98. The van der Waals surface area contributed by atoms with E-state index in [1.165, 1.54) is 16.7 Å². The molecule has 1 heterocycles. The summed E-state index contributed by atoms with van der Waals surface area (Å²) in [6.45, 7) is 6.82. The van der Waals surface area contributed by atoms with Crippen LogP contribution in [0.5, 0.6) is 0 Å². The van der Waals surface area contributed by atoms with Crippen molar-refractivity contribution in [1.29, 1.82) is 0 Å². The minimum atomic E-state index is -0.848. The van der Waals surface area contributed by atoms with Crippen LogP contribution in [0, 0.1) is 5.82 Å². The fraction of sp³-hybridized carbons (Fsp3) is 0.381. The molecule has 0 radical (unpaired) electrons. The van der Waals surface area contributed by atoms with Crippen molar-refractivity contribution >= 4 is 11.0 Å². The highest BCUT2D eigenvalue weighted by Gasteiger charge is 2.28. The Morgan fingerprint density at radius 3 is 2.41 bits per heavy atom. The predicted octanol–water partition coefficient (Wildman–Crippen LogP) is 3.08. The normalized spacial score (nSPS) is 14.0. The van der Waals surface area contributed by atoms with Gasteiger partial charge in [-0.3, -0.25) is 9.13 Å². The largest absolute Gasteiger partial charge is 0.389 e. The van der Waals surface area contributed by atoms with E-state index in [0.29, 0.717) is 24.1 Å². The zero-order valence-corrected chi connectivity index (χ0v) is 15.9. The molecule has 3 rings (SSSR count). The monoisotopic (exact) mass is 371 g/mol. The molecule has 0 amide bonds. The molecule has 0 saturated carbocycles. The summed E-state index contributed by atoms with van der Waals surface area (Å²) < 4.78 is 17.2. The Kier molecular flexibility index (Phi) is 5.77. The van der Waals surface area contributed by atoms with E-state index in [4.69, 9.17) is 0 Å². The number of fused-ring (bicyclic) bond motifs is 1. The van der Waals surface area contributed by atoms with E-state index in [1.54, 1.807) is 10.6 Å². The number of hydrogen-bond donors (Lipinski definition) is 2. The molecule has 27 heavy (non-hydrogen) atoms. The van der Waals surface area contributed by atoms with E-state index >= 15 is 0 Å². The molecule has 144 valence electrons. The Bertz CT molecular complexity index is 963. The van der Waals surface area contributed by atoms with Crippen molar-refractivity contribution in [1.82, 2.24) is 14.5 Å². The number of aliphatic hydroxyl groups excluding tert-OH is 1. The smallest absolute Gasteiger partial charge is 0.330 e. The van der Waals surface area contributed by atoms with Gasteiger partial charge in [-0.05, 0) is 44.2 Å². The number of benzene rings is 2. The molecule has 1 aromatic heterocycles. The van der Waals surface area contributed by atoms with Crippen LogP contribution in [0.4, 0.5) is 4.39 Å². The van der Waals surface area contributed by atoms with Crippen LogP contribution < -0.4 is 11.0 Å². The van der Waals surface area contributed by atoms with Gasteiger partial charge in [-0.2, -0.15) is 0 Å². The molecule has 2 unspecified atom stereocenters. The molecule has 0 bridgehead atoms. The summed E-state index contributed by atoms with van der Waals surface area (Å²) in [4.78, 5) is 13.3. The lowest BCUT2D eigenvalue weighted by Crippen LogP contribution is -2.39. The van der Waals surface area contributed by atoms with Crippen molar-refractivity contribution in [3.05, 3.63) is 70.4 Å². The number of aromatic nitrogens is 2. The number of imidazole rings is 1. The molecule has 2 aromatic carbocycles. The number of likely N-dealkylation sites (N-methyl/N-ethyl adjacent to an activating group) is 1. The molecule has 2 N–H and O–H groups in total. The Morgan fingerprint density at radius 2 is 1.78 bits per heavy atom. The van der Waals surface area contributed by atoms with Crippen LogP contribution in [-0.2, 0) is 0 Å². The third kappa shape index (κ3) is 3.68. The lowest BCUT2D eigenvalue weighted by Gasteiger charge is -2.25. The maximum atomic E-state index is 14.0. The van der Waals surface area contributed by atoms with Gasteiger partial charge in [0, 0.05) is 12.6 Å². The summed E-state index contributed by atoms with van der Waals surface area (Å²) in [5.41, 5.74) is 1.69. The van der Waals surface area contributed by atoms with E-state index in [0.717, 1.165) is 5.56 Å². The first kappa shape index (κ1) is 19.3. The first-order chi connectivity index (χ1) is 13.0. The Labute approximate surface area is 158 Å². The van der Waals surface area contributed by atoms with Crippen LogP contribution >= 0.6 is 0 Å². The predicted molar refractivity (Wildman–Crippen MR) is 106 cm³/mol. The van der Waals surface area contributed by atoms with Crippen LogP contribution in [0.15, 0.2) is 53.3 Å². The van der Waals surface area contributed by atoms with Crippen molar-refractivity contribution in [3.8, 4) is 0 Å². The highest BCUT2D eigenvalue weighted by molar-refractivity contribution is 5.76. The van der Waals surface area contributed by atoms with Crippen molar-refractivity contribution in [2.75, 3.05) is 13.1 Å². The van der Waals surface area contributed by atoms with Crippen molar-refractivity contribution in [3.63, 3.8) is 0 Å². The standard InChI is InChI=1S/C21H26FN3O2/c1-4-23-13-19(26)20(15-8-6-5-7-9-15)25-18-12-16(22)10-11-17(18)24(14(2)3)21(25)27/h5-12,14,19-20,23,26H,4,13H2,1-3H3. The van der Waals surface area contributed by atoms with Gasteiger partial charge in [0.1, 0.15) is 5.82 Å². The highest BCUT2D eigenvalue weighted by atomic mass is 19.1. The summed E-state index contributed by atoms with van der Waals surface area (Å²) in [6, 6.07) is 13.0. The second kappa shape index (κ2) is 8.06. The highest BCUT2D eigenvalue weighted by Crippen LogP contribution is 2.27. The van der Waals surface area contributed by atoms with E-state index in [-0.39, 0.29) is 11.7 Å². The quantitative estimate of drug-likeness (QED) is 0.671. The number of nitrogens with zero attached hydrogens (tertiary/aromatic N) is 2. The van der Waals surface area contributed by atoms with Crippen LogP contribution in [0.2, 0.25) is 0 Å². The average Bonchev–Trinajstić information content (AvgIpc) is 2.93. The molecule has 5 nitrogen and oxygen atoms in total. The van der Waals surface area contributed by atoms with Crippen LogP contribution in [-0.4, -0.2) is 33.4 Å². The fourth-order valence-corrected chi connectivity index (χ4v) is 3.58. The summed E-state index contributed by atoms with van der Waals surface area (Å²) in [6.07, 6.45) is -0.848. The van der Waals surface area contributed by atoms with Gasteiger partial charge in [0.2, 0.25) is 0 Å². The Morgan fingerprint density at radius 1 is 1.07 bits per heavy atom. The molecule has 6 heteroatoms. The van der Waals surface area contributed by atoms with Crippen molar-refractivity contribution < 1.29 is 9.50 Å². The van der Waals surface area contributed by atoms with Crippen molar-refractivity contribution in [2.45, 2.75) is 39.0 Å². The molecule has 0 aliphatic heterocycles. The van der Waals surface area contributed by atoms with Crippen LogP contribution in [0.3, 0.4) is 0 Å². The zero-order valence-electron chi connectivity index (χ0n) is 15.9. The molecular formula is C21H26FN3O2. The maximum Gasteiger partial charge on any atom is 0.330 e. The van der Waals surface area contributed by atoms with Gasteiger partial charge in [-0.25, -0.2) is 9.18 Å². The summed E-state index contributed by atoms with van der Waals surface area (Å²) in [5.74, 6) is -0.412. The maximum absolute atomic E-state index is 14.0. The first-order valence-corrected chi connectivity index (χ1v) is 9.31. The number of aliphatic hydroxyl groups is 1. The minimum absolute atomic E-state index is 0.0888. The van der Waals surface area contributed by atoms with Gasteiger partial charge in [-0.1, -0.05) is 37.3 Å². The summed E-state index contributed by atoms with van der Waals surface area (Å²) >= 11 is 0. The molecule has 2 atom stereocenters. The van der Waals surface area contributed by atoms with Crippen LogP contribution in [0.25, 0.3) is 11.0 Å². The van der Waals surface area contributed by atoms with Gasteiger partial charge >= 0.3 is 5.69 Å². The average molecular weight is 371 g/mol. The fourth-order valence-electron chi connectivity index (χ4n) is 3.58. The number of halogens is 1. The van der Waals surface area contributed by atoms with Gasteiger partial charge in [0.05, 0.1) is 23.2 Å². The van der Waals surface area contributed by atoms with E-state index in [9.17, 15) is 14.3 Å². The number of rotatable bonds is 7. The zero-order chi connectivity index (χ0) is 19.6. The number of hydrogen-bond acceptors (Lipinski definition) is 3. The second-order valence-corrected chi connectivity index (χ2v) is 6.98. The third-order valence-electron chi connectivity index (χ3n) is 4.77. The van der Waals surface area contributed by atoms with Gasteiger partial charge in [-0.15, -0.1) is 0 Å². The molecule has 0 saturated heterocycles. The molecular weight excluding hydrogens is 345 g/mol. The molecule has 0 aliphatic rings. The van der Waals surface area contributed by atoms with E-state index < -0.39 is 18.0 Å². The van der Waals surface area contributed by atoms with Crippen LogP contribution in [0.1, 0.15) is 38.4 Å². The molecule has 0 aliphatic carbocycles. The van der Waals surface area contributed by atoms with Gasteiger partial charge in [0.25, 0.3) is 0 Å². The van der Waals surface area contributed by atoms with Gasteiger partial charge < -0.3 is 10.4 Å². The van der Waals surface area contributed by atoms with E-state index in [1.807, 2.05) is 51.1 Å². The SMILES string of the molecule is CCNCC(O)C(c1ccccc1)n1c(=O)n(C(C)C)c2ccc(F)cc21. The number of nitrogens with one attached hydrogen (secondary N) is 1. The van der Waals surface area contributed by atoms with Crippen molar-refractivity contribution in [2.24, 2.45) is 0 Å². The summed E-state index contributed by atoms with van der Waals surface area (Å²) in [7, 11) is 0. The lowest BCUT2D eigenvalue weighted by molar-refractivity contribution is 0.128. The molecule has 3 aromatic rings. The van der Waals surface area contributed by atoms with Gasteiger partial charge in [0.15, 0.2) is 0 Å². The molecule has 0 spiro atoms. The third-order valence-corrected chi connectivity index (χ3v) is 4.77. The first-order valence-electron chi connectivity index (χ1n) is 9.31.